The maximum Gasteiger partial charge on any atom is 0.330 e. The summed E-state index contributed by atoms with van der Waals surface area (Å²) in [5.74, 6) is 0.928. The molecule has 57 heavy (non-hydrogen) atoms. The zero-order valence-corrected chi connectivity index (χ0v) is 35.2. The Kier molecular flexibility index (Phi) is 13.1. The number of nitrogens with one attached hydrogen (secondary N) is 1. The van der Waals surface area contributed by atoms with Crippen molar-refractivity contribution < 1.29 is 28.0 Å². The predicted molar refractivity (Wildman–Crippen MR) is 219 cm³/mol. The highest BCUT2D eigenvalue weighted by molar-refractivity contribution is 7.44. The minimum absolute atomic E-state index is 0.0212. The molecule has 304 valence electrons. The molecule has 12 nitrogen and oxygen atoms in total. The van der Waals surface area contributed by atoms with Gasteiger partial charge in [-0.05, 0) is 87.4 Å². The summed E-state index contributed by atoms with van der Waals surface area (Å²) in [6, 6.07) is 28.1. The van der Waals surface area contributed by atoms with E-state index in [-0.39, 0.29) is 49.5 Å². The Labute approximate surface area is 336 Å². The Morgan fingerprint density at radius 2 is 1.47 bits per heavy atom. The zero-order chi connectivity index (χ0) is 41.1. The minimum Gasteiger partial charge on any atom is -0.497 e. The molecule has 1 saturated carbocycles. The number of hydrogen-bond donors (Lipinski definition) is 1. The summed E-state index contributed by atoms with van der Waals surface area (Å²) in [5, 5.41) is 9.45. The number of methoxy groups -OCH3 is 2. The Morgan fingerprint density at radius 1 is 0.912 bits per heavy atom. The summed E-state index contributed by atoms with van der Waals surface area (Å²) in [6.45, 7) is 14.6. The van der Waals surface area contributed by atoms with Crippen LogP contribution in [-0.4, -0.2) is 65.4 Å². The average Bonchev–Trinajstić information content (AvgIpc) is 3.62. The lowest BCUT2D eigenvalue weighted by Gasteiger charge is -2.44. The van der Waals surface area contributed by atoms with Gasteiger partial charge in [-0.3, -0.25) is 14.3 Å². The van der Waals surface area contributed by atoms with Crippen LogP contribution < -0.4 is 20.7 Å². The molecule has 1 N–H and O–H groups in total. The second-order valence-corrected chi connectivity index (χ2v) is 16.9. The highest BCUT2D eigenvalue weighted by atomic mass is 31.2. The molecule has 7 atom stereocenters. The van der Waals surface area contributed by atoms with Crippen molar-refractivity contribution in [2.24, 2.45) is 17.8 Å². The van der Waals surface area contributed by atoms with Crippen LogP contribution in [-0.2, 0) is 24.1 Å². The highest BCUT2D eigenvalue weighted by Gasteiger charge is 2.70. The molecule has 1 unspecified atom stereocenters. The van der Waals surface area contributed by atoms with E-state index in [1.807, 2.05) is 66.7 Å². The Hall–Kier alpha value is -4.34. The van der Waals surface area contributed by atoms with Crippen LogP contribution in [0.4, 0.5) is 0 Å². The van der Waals surface area contributed by atoms with E-state index in [0.717, 1.165) is 16.7 Å². The zero-order valence-electron chi connectivity index (χ0n) is 34.3. The number of aryl methyl sites for hydroxylation is 1. The molecular weight excluding hydrogens is 743 g/mol. The molecule has 2 aliphatic rings. The second kappa shape index (κ2) is 17.7. The van der Waals surface area contributed by atoms with Crippen molar-refractivity contribution in [3.05, 3.63) is 128 Å². The normalized spacial score (nSPS) is 23.6. The lowest BCUT2D eigenvalue weighted by atomic mass is 9.79. The number of H-pyrrole nitrogens is 1. The monoisotopic (exact) mass is 798 g/mol. The first kappa shape index (κ1) is 42.3. The molecule has 2 fully saturated rings. The van der Waals surface area contributed by atoms with Crippen molar-refractivity contribution in [2.45, 2.75) is 90.5 Å². The van der Waals surface area contributed by atoms with Gasteiger partial charge in [-0.1, -0.05) is 68.4 Å². The maximum absolute atomic E-state index is 13.6. The Balaban J connectivity index is 1.55. The van der Waals surface area contributed by atoms with Crippen LogP contribution in [0.2, 0.25) is 0 Å². The summed E-state index contributed by atoms with van der Waals surface area (Å²) < 4.78 is 43.4. The average molecular weight is 799 g/mol. The molecule has 0 spiro atoms. The molecule has 0 amide bonds. The van der Waals surface area contributed by atoms with Crippen LogP contribution in [0.25, 0.3) is 0 Å². The van der Waals surface area contributed by atoms with E-state index >= 15 is 0 Å². The molecule has 1 aromatic heterocycles. The molecule has 0 radical (unpaired) electrons. The van der Waals surface area contributed by atoms with Gasteiger partial charge in [-0.2, -0.15) is 5.26 Å². The standard InChI is InChI=1S/C44H55N4O8P/c1-28(2)48(29(3)4)57(54-25-13-24-45)56-39-38-31(6)32(7)43(39,55-41(38)47-26-30(5)40(49)46-42(47)50)27-53-44(33-14-11-10-12-15-33,34-16-20-36(51-8)21-17-34)35-18-22-37(52-9)23-19-35/h10-12,14-23,26,28-29,31-32,38-39,41H,13,25,27H2,1-9H3,(H,46,49,50)/t31-,32+,38-,39+,41-,43+,57?/m1/s1. The van der Waals surface area contributed by atoms with Gasteiger partial charge in [0.15, 0.2) is 0 Å². The number of hydrogen-bond acceptors (Lipinski definition) is 10. The molecule has 13 heteroatoms. The third kappa shape index (κ3) is 7.94. The fraction of sp³-hybridized carbons (Fsp3) is 0.477. The highest BCUT2D eigenvalue weighted by Crippen LogP contribution is 2.64. The fourth-order valence-electron chi connectivity index (χ4n) is 8.64. The van der Waals surface area contributed by atoms with Gasteiger partial charge in [-0.25, -0.2) is 9.46 Å². The quantitative estimate of drug-likeness (QED) is 0.0643. The van der Waals surface area contributed by atoms with Gasteiger partial charge in [0.25, 0.3) is 14.1 Å². The molecular formula is C44H55N4O8P. The lowest BCUT2D eigenvalue weighted by Crippen LogP contribution is -2.51. The van der Waals surface area contributed by atoms with Gasteiger partial charge in [0.05, 0.1) is 39.9 Å². The third-order valence-electron chi connectivity index (χ3n) is 11.6. The van der Waals surface area contributed by atoms with E-state index in [4.69, 9.17) is 28.0 Å². The van der Waals surface area contributed by atoms with E-state index in [1.54, 1.807) is 27.3 Å². The molecule has 3 aromatic carbocycles. The van der Waals surface area contributed by atoms with Crippen LogP contribution in [0.3, 0.4) is 0 Å². The Bertz CT molecular complexity index is 2060. The second-order valence-electron chi connectivity index (χ2n) is 15.5. The van der Waals surface area contributed by atoms with E-state index < -0.39 is 43.3 Å². The van der Waals surface area contributed by atoms with Gasteiger partial charge >= 0.3 is 5.69 Å². The van der Waals surface area contributed by atoms with E-state index in [2.05, 4.69) is 69.4 Å². The van der Waals surface area contributed by atoms with Crippen molar-refractivity contribution in [3.63, 3.8) is 0 Å². The molecule has 2 heterocycles. The van der Waals surface area contributed by atoms with Crippen molar-refractivity contribution in [2.75, 3.05) is 27.4 Å². The van der Waals surface area contributed by atoms with Gasteiger partial charge in [-0.15, -0.1) is 0 Å². The van der Waals surface area contributed by atoms with Gasteiger partial charge < -0.3 is 28.0 Å². The summed E-state index contributed by atoms with van der Waals surface area (Å²) >= 11 is 0. The number of aromatic amines is 1. The lowest BCUT2D eigenvalue weighted by molar-refractivity contribution is -0.198. The fourth-order valence-corrected chi connectivity index (χ4v) is 10.5. The van der Waals surface area contributed by atoms with Crippen molar-refractivity contribution in [1.82, 2.24) is 14.2 Å². The molecule has 4 aromatic rings. The largest absolute Gasteiger partial charge is 0.497 e. The topological polar surface area (TPSA) is 137 Å². The number of ether oxygens (including phenoxy) is 4. The summed E-state index contributed by atoms with van der Waals surface area (Å²) in [6.07, 6.45) is 0.360. The van der Waals surface area contributed by atoms with E-state index in [1.165, 1.54) is 4.57 Å². The molecule has 1 aliphatic heterocycles. The van der Waals surface area contributed by atoms with Crippen LogP contribution in [0.5, 0.6) is 11.5 Å². The first-order valence-electron chi connectivity index (χ1n) is 19.6. The van der Waals surface area contributed by atoms with Crippen molar-refractivity contribution in [3.8, 4) is 17.6 Å². The van der Waals surface area contributed by atoms with Crippen LogP contribution in [0, 0.1) is 36.0 Å². The van der Waals surface area contributed by atoms with Gasteiger partial charge in [0, 0.05) is 29.8 Å². The predicted octanol–water partition coefficient (Wildman–Crippen LogP) is 7.70. The smallest absolute Gasteiger partial charge is 0.330 e. The molecule has 1 aliphatic carbocycles. The SMILES string of the molecule is COc1ccc(C(OC[C@]23O[C@@H](n4cc(C)c(=O)[nH]c4=O)[C@H]([C@H](C)[C@@H]2C)[C@@H]3OP(OCCC#N)N(C(C)C)C(C)C)(c2ccccc2)c2ccc(OC)cc2)cc1. The van der Waals surface area contributed by atoms with E-state index in [0.29, 0.717) is 17.1 Å². The summed E-state index contributed by atoms with van der Waals surface area (Å²) in [7, 11) is 1.55. The van der Waals surface area contributed by atoms with Crippen molar-refractivity contribution >= 4 is 8.53 Å². The third-order valence-corrected chi connectivity index (χ3v) is 13.8. The van der Waals surface area contributed by atoms with Crippen LogP contribution in [0.15, 0.2) is 94.6 Å². The van der Waals surface area contributed by atoms with Gasteiger partial charge in [0.2, 0.25) is 0 Å². The number of nitriles is 1. The van der Waals surface area contributed by atoms with E-state index in [9.17, 15) is 14.9 Å². The minimum atomic E-state index is -1.72. The molecule has 2 bridgehead atoms. The first-order valence-corrected chi connectivity index (χ1v) is 20.7. The van der Waals surface area contributed by atoms with Crippen LogP contribution in [0.1, 0.15) is 76.4 Å². The first-order chi connectivity index (χ1) is 27.3. The summed E-state index contributed by atoms with van der Waals surface area (Å²) in [4.78, 5) is 28.6. The van der Waals surface area contributed by atoms with Crippen molar-refractivity contribution in [1.29, 1.82) is 5.26 Å². The number of rotatable bonds is 17. The maximum atomic E-state index is 13.6. The number of fused-ring (bicyclic) bond motifs is 2. The van der Waals surface area contributed by atoms with Gasteiger partial charge in [0.1, 0.15) is 35.0 Å². The number of nitrogens with zero attached hydrogens (tertiary/aromatic N) is 3. The Morgan fingerprint density at radius 3 is 2.00 bits per heavy atom. The molecule has 1 saturated heterocycles. The number of benzene rings is 3. The summed E-state index contributed by atoms with van der Waals surface area (Å²) in [5.41, 5.74) is -0.293. The number of aromatic nitrogens is 2. The molecule has 6 rings (SSSR count). The van der Waals surface area contributed by atoms with Crippen LogP contribution >= 0.6 is 8.53 Å².